The molecule has 2 unspecified atom stereocenters. The molecule has 2 aliphatic rings. The highest BCUT2D eigenvalue weighted by molar-refractivity contribution is 6.20. The van der Waals surface area contributed by atoms with Crippen LogP contribution in [0.1, 0.15) is 6.42 Å². The first-order chi connectivity index (χ1) is 8.17. The summed E-state index contributed by atoms with van der Waals surface area (Å²) in [7, 11) is 1.34. The number of methoxy groups -OCH3 is 1. The molecule has 1 heterocycles. The summed E-state index contributed by atoms with van der Waals surface area (Å²) in [5.41, 5.74) is 0.466. The lowest BCUT2D eigenvalue weighted by Crippen LogP contribution is -2.38. The summed E-state index contributed by atoms with van der Waals surface area (Å²) >= 11 is 0. The largest absolute Gasteiger partial charge is 0.437 e. The van der Waals surface area contributed by atoms with E-state index in [0.29, 0.717) is 0 Å². The predicted octanol–water partition coefficient (Wildman–Crippen LogP) is -0.117. The molecular formula is C11H10O6. The van der Waals surface area contributed by atoms with Gasteiger partial charge < -0.3 is 14.2 Å². The summed E-state index contributed by atoms with van der Waals surface area (Å²) in [6.07, 6.45) is 0.543. The maximum Gasteiger partial charge on any atom is 0.295 e. The van der Waals surface area contributed by atoms with Gasteiger partial charge in [0.15, 0.2) is 17.9 Å². The van der Waals surface area contributed by atoms with E-state index in [0.717, 1.165) is 0 Å². The third-order valence-electron chi connectivity index (χ3n) is 2.58. The Kier molecular flexibility index (Phi) is 3.16. The molecule has 0 saturated carbocycles. The van der Waals surface area contributed by atoms with Crippen LogP contribution >= 0.6 is 0 Å². The molecule has 1 aliphatic heterocycles. The predicted molar refractivity (Wildman–Crippen MR) is 53.6 cm³/mol. The number of carbonyl (C=O) groups is 3. The van der Waals surface area contributed by atoms with Crippen LogP contribution in [0.4, 0.5) is 0 Å². The molecule has 0 aromatic carbocycles. The van der Waals surface area contributed by atoms with Crippen LogP contribution in [0.3, 0.4) is 0 Å². The van der Waals surface area contributed by atoms with Gasteiger partial charge in [-0.05, 0) is 12.2 Å². The molecule has 0 aromatic rings. The maximum atomic E-state index is 11.6. The summed E-state index contributed by atoms with van der Waals surface area (Å²) in [5.74, 6) is -0.611. The van der Waals surface area contributed by atoms with Crippen molar-refractivity contribution in [2.75, 3.05) is 7.11 Å². The normalized spacial score (nSPS) is 28.1. The molecule has 2 rings (SSSR count). The van der Waals surface area contributed by atoms with Gasteiger partial charge >= 0.3 is 0 Å². The Hall–Kier alpha value is -1.79. The Morgan fingerprint density at radius 2 is 2.06 bits per heavy atom. The van der Waals surface area contributed by atoms with Crippen LogP contribution in [-0.2, 0) is 28.6 Å². The van der Waals surface area contributed by atoms with Crippen LogP contribution in [-0.4, -0.2) is 37.7 Å². The average Bonchev–Trinajstić information content (AvgIpc) is 2.33. The SMILES string of the molecule is COC1OC(OC=O)CC2=C1C(=O)C=CC2=O. The second kappa shape index (κ2) is 4.60. The summed E-state index contributed by atoms with van der Waals surface area (Å²) in [6.45, 7) is 0.230. The third-order valence-corrected chi connectivity index (χ3v) is 2.58. The van der Waals surface area contributed by atoms with Crippen molar-refractivity contribution in [3.63, 3.8) is 0 Å². The van der Waals surface area contributed by atoms with Crippen LogP contribution in [0.2, 0.25) is 0 Å². The fraction of sp³-hybridized carbons (Fsp3) is 0.364. The Labute approximate surface area is 96.8 Å². The number of ether oxygens (including phenoxy) is 3. The van der Waals surface area contributed by atoms with Gasteiger partial charge in [0.05, 0.1) is 5.57 Å². The van der Waals surface area contributed by atoms with Gasteiger partial charge in [0, 0.05) is 19.1 Å². The number of carbonyl (C=O) groups excluding carboxylic acids is 3. The van der Waals surface area contributed by atoms with E-state index in [1.54, 1.807) is 0 Å². The Balaban J connectivity index is 2.35. The van der Waals surface area contributed by atoms with Crippen LogP contribution in [0.15, 0.2) is 23.3 Å². The van der Waals surface area contributed by atoms with E-state index in [2.05, 4.69) is 4.74 Å². The number of hydrogen-bond donors (Lipinski definition) is 0. The van der Waals surface area contributed by atoms with E-state index < -0.39 is 12.6 Å². The molecule has 0 aromatic heterocycles. The Morgan fingerprint density at radius 1 is 1.35 bits per heavy atom. The van der Waals surface area contributed by atoms with Crippen molar-refractivity contribution in [1.29, 1.82) is 0 Å². The molecule has 0 N–H and O–H groups in total. The molecule has 1 aliphatic carbocycles. The molecule has 2 atom stereocenters. The second-order valence-electron chi connectivity index (χ2n) is 3.52. The summed E-state index contributed by atoms with van der Waals surface area (Å²) < 4.78 is 14.8. The van der Waals surface area contributed by atoms with E-state index in [1.165, 1.54) is 19.3 Å². The van der Waals surface area contributed by atoms with Gasteiger partial charge in [0.2, 0.25) is 6.29 Å². The molecular weight excluding hydrogens is 228 g/mol. The van der Waals surface area contributed by atoms with Crippen molar-refractivity contribution in [1.82, 2.24) is 0 Å². The van der Waals surface area contributed by atoms with Gasteiger partial charge in [-0.15, -0.1) is 0 Å². The van der Waals surface area contributed by atoms with Crippen molar-refractivity contribution < 1.29 is 28.6 Å². The second-order valence-corrected chi connectivity index (χ2v) is 3.52. The van der Waals surface area contributed by atoms with Gasteiger partial charge in [0.1, 0.15) is 0 Å². The van der Waals surface area contributed by atoms with Crippen LogP contribution in [0.5, 0.6) is 0 Å². The lowest BCUT2D eigenvalue weighted by atomic mass is 9.90. The number of hydrogen-bond acceptors (Lipinski definition) is 6. The molecule has 0 fully saturated rings. The van der Waals surface area contributed by atoms with Crippen molar-refractivity contribution in [2.45, 2.75) is 19.0 Å². The zero-order valence-electron chi connectivity index (χ0n) is 9.04. The molecule has 0 spiro atoms. The van der Waals surface area contributed by atoms with Gasteiger partial charge in [-0.2, -0.15) is 0 Å². The Morgan fingerprint density at radius 3 is 2.71 bits per heavy atom. The molecule has 0 radical (unpaired) electrons. The molecule has 90 valence electrons. The average molecular weight is 238 g/mol. The van der Waals surface area contributed by atoms with Gasteiger partial charge in [0.25, 0.3) is 6.47 Å². The van der Waals surface area contributed by atoms with E-state index in [9.17, 15) is 14.4 Å². The highest BCUT2D eigenvalue weighted by Crippen LogP contribution is 2.30. The van der Waals surface area contributed by atoms with Gasteiger partial charge in [-0.25, -0.2) is 0 Å². The fourth-order valence-corrected chi connectivity index (χ4v) is 1.83. The quantitative estimate of drug-likeness (QED) is 0.504. The monoisotopic (exact) mass is 238 g/mol. The highest BCUT2D eigenvalue weighted by atomic mass is 16.8. The van der Waals surface area contributed by atoms with Crippen molar-refractivity contribution in [3.8, 4) is 0 Å². The molecule has 0 bridgehead atoms. The van der Waals surface area contributed by atoms with Crippen LogP contribution in [0, 0.1) is 0 Å². The van der Waals surface area contributed by atoms with E-state index in [1.807, 2.05) is 0 Å². The zero-order chi connectivity index (χ0) is 12.4. The lowest BCUT2D eigenvalue weighted by Gasteiger charge is -2.31. The van der Waals surface area contributed by atoms with Crippen LogP contribution < -0.4 is 0 Å². The first-order valence-electron chi connectivity index (χ1n) is 4.94. The fourth-order valence-electron chi connectivity index (χ4n) is 1.83. The van der Waals surface area contributed by atoms with E-state index >= 15 is 0 Å². The number of rotatable bonds is 3. The van der Waals surface area contributed by atoms with Gasteiger partial charge in [-0.3, -0.25) is 14.4 Å². The minimum atomic E-state index is -0.981. The van der Waals surface area contributed by atoms with Crippen molar-refractivity contribution >= 4 is 18.0 Å². The van der Waals surface area contributed by atoms with E-state index in [-0.39, 0.29) is 35.6 Å². The van der Waals surface area contributed by atoms with E-state index in [4.69, 9.17) is 9.47 Å². The molecule has 0 amide bonds. The standard InChI is InChI=1S/C11H10O6/c1-15-11-10-6(4-9(17-11)16-5-12)7(13)2-3-8(10)14/h2-3,5,9,11H,4H2,1H3. The summed E-state index contributed by atoms with van der Waals surface area (Å²) in [6, 6.07) is 0. The van der Waals surface area contributed by atoms with Crippen LogP contribution in [0.25, 0.3) is 0 Å². The molecule has 6 nitrogen and oxygen atoms in total. The maximum absolute atomic E-state index is 11.6. The zero-order valence-corrected chi connectivity index (χ0v) is 9.04. The van der Waals surface area contributed by atoms with Crippen molar-refractivity contribution in [3.05, 3.63) is 23.3 Å². The third kappa shape index (κ3) is 2.04. The summed E-state index contributed by atoms with van der Waals surface area (Å²) in [4.78, 5) is 33.5. The molecule has 0 saturated heterocycles. The Bertz CT molecular complexity index is 433. The topological polar surface area (TPSA) is 78.9 Å². The van der Waals surface area contributed by atoms with Crippen molar-refractivity contribution in [2.24, 2.45) is 0 Å². The first kappa shape index (κ1) is 11.7. The first-order valence-corrected chi connectivity index (χ1v) is 4.94. The minimum Gasteiger partial charge on any atom is -0.437 e. The number of ketones is 2. The molecule has 6 heteroatoms. The number of allylic oxidation sites excluding steroid dienone is 2. The lowest BCUT2D eigenvalue weighted by molar-refractivity contribution is -0.220. The smallest absolute Gasteiger partial charge is 0.295 e. The highest BCUT2D eigenvalue weighted by Gasteiger charge is 2.37. The molecule has 17 heavy (non-hydrogen) atoms. The minimum absolute atomic E-state index is 0.0584. The summed E-state index contributed by atoms with van der Waals surface area (Å²) in [5, 5.41) is 0. The van der Waals surface area contributed by atoms with Gasteiger partial charge in [-0.1, -0.05) is 0 Å².